The third kappa shape index (κ3) is 5.86. The van der Waals surface area contributed by atoms with Crippen molar-refractivity contribution >= 4 is 16.1 Å². The summed E-state index contributed by atoms with van der Waals surface area (Å²) in [6, 6.07) is 16.6. The molecule has 2 aliphatic rings. The van der Waals surface area contributed by atoms with E-state index in [2.05, 4.69) is 10.0 Å². The van der Waals surface area contributed by atoms with Crippen LogP contribution in [0.15, 0.2) is 54.6 Å². The van der Waals surface area contributed by atoms with Gasteiger partial charge in [-0.1, -0.05) is 55.3 Å². The van der Waals surface area contributed by atoms with Crippen LogP contribution >= 0.6 is 0 Å². The first-order valence-corrected chi connectivity index (χ1v) is 13.7. The Morgan fingerprint density at radius 2 is 1.71 bits per heavy atom. The second-order valence-electron chi connectivity index (χ2n) is 9.51. The second-order valence-corrected chi connectivity index (χ2v) is 11.2. The van der Waals surface area contributed by atoms with Crippen LogP contribution in [-0.2, 0) is 15.6 Å². The topological polar surface area (TPSA) is 108 Å². The predicted octanol–water partition coefficient (Wildman–Crippen LogP) is 2.60. The first-order valence-electron chi connectivity index (χ1n) is 12.3. The number of ether oxygens (including phenoxy) is 1. The zero-order valence-corrected chi connectivity index (χ0v) is 21.0. The van der Waals surface area contributed by atoms with E-state index in [4.69, 9.17) is 4.74 Å². The maximum atomic E-state index is 13.1. The molecule has 1 aliphatic carbocycles. The van der Waals surface area contributed by atoms with Gasteiger partial charge in [0.25, 0.3) is 16.1 Å². The van der Waals surface area contributed by atoms with Crippen LogP contribution < -0.4 is 14.8 Å². The normalized spacial score (nSPS) is 22.9. The first-order chi connectivity index (χ1) is 16.8. The Labute approximate surface area is 207 Å². The number of carbonyl (C=O) groups excluding carboxylic acids is 1. The van der Waals surface area contributed by atoms with Crippen molar-refractivity contribution in [2.45, 2.75) is 56.1 Å². The van der Waals surface area contributed by atoms with Gasteiger partial charge in [-0.2, -0.15) is 17.4 Å². The summed E-state index contributed by atoms with van der Waals surface area (Å²) in [7, 11) is -2.18. The summed E-state index contributed by atoms with van der Waals surface area (Å²) >= 11 is 0. The van der Waals surface area contributed by atoms with E-state index in [-0.39, 0.29) is 5.91 Å². The summed E-state index contributed by atoms with van der Waals surface area (Å²) in [6.45, 7) is 1.05. The average molecular weight is 502 g/mol. The number of nitrogens with one attached hydrogen (secondary N) is 2. The number of carbonyl (C=O) groups is 1. The highest BCUT2D eigenvalue weighted by Crippen LogP contribution is 2.36. The van der Waals surface area contributed by atoms with Crippen LogP contribution in [0.25, 0.3) is 0 Å². The number of methoxy groups -OCH3 is 1. The number of para-hydroxylation sites is 1. The quantitative estimate of drug-likeness (QED) is 0.515. The van der Waals surface area contributed by atoms with Crippen molar-refractivity contribution in [3.8, 4) is 5.75 Å². The molecule has 190 valence electrons. The fourth-order valence-electron chi connectivity index (χ4n) is 5.21. The molecule has 3 N–H and O–H groups in total. The Morgan fingerprint density at radius 1 is 1.06 bits per heavy atom. The summed E-state index contributed by atoms with van der Waals surface area (Å²) in [5.41, 5.74) is 1.15. The number of piperidine rings is 1. The highest BCUT2D eigenvalue weighted by Gasteiger charge is 2.40. The molecule has 0 spiro atoms. The fraction of sp³-hybridized carbons (Fsp3) is 0.500. The van der Waals surface area contributed by atoms with Gasteiger partial charge in [-0.15, -0.1) is 0 Å². The van der Waals surface area contributed by atoms with E-state index in [1.165, 1.54) is 11.4 Å². The summed E-state index contributed by atoms with van der Waals surface area (Å²) in [6.07, 6.45) is 3.59. The lowest BCUT2D eigenvalue weighted by atomic mass is 9.73. The minimum atomic E-state index is -3.71. The van der Waals surface area contributed by atoms with Gasteiger partial charge in [0.15, 0.2) is 0 Å². The van der Waals surface area contributed by atoms with Crippen molar-refractivity contribution in [2.24, 2.45) is 0 Å². The number of hydrogen-bond acceptors (Lipinski definition) is 5. The zero-order chi connectivity index (χ0) is 24.9. The number of rotatable bonds is 8. The van der Waals surface area contributed by atoms with Crippen LogP contribution in [-0.4, -0.2) is 62.6 Å². The van der Waals surface area contributed by atoms with Crippen LogP contribution in [0.3, 0.4) is 0 Å². The van der Waals surface area contributed by atoms with Gasteiger partial charge < -0.3 is 15.2 Å². The largest absolute Gasteiger partial charge is 0.496 e. The molecule has 2 atom stereocenters. The van der Waals surface area contributed by atoms with Gasteiger partial charge in [-0.3, -0.25) is 4.79 Å². The Morgan fingerprint density at radius 3 is 2.40 bits per heavy atom. The monoisotopic (exact) mass is 501 g/mol. The molecule has 1 aliphatic heterocycles. The Bertz CT molecular complexity index is 1100. The second kappa shape index (κ2) is 11.1. The van der Waals surface area contributed by atoms with Gasteiger partial charge in [0.1, 0.15) is 5.75 Å². The molecule has 0 unspecified atom stereocenters. The number of hydrogen-bond donors (Lipinski definition) is 3. The van der Waals surface area contributed by atoms with Crippen molar-refractivity contribution in [1.29, 1.82) is 0 Å². The predicted molar refractivity (Wildman–Crippen MR) is 135 cm³/mol. The van der Waals surface area contributed by atoms with Gasteiger partial charge in [0, 0.05) is 31.1 Å². The standard InChI is InChI=1S/C26H35N3O5S/c1-34-24-14-8-5-11-21(24)25(31)27-19-26(20-9-3-2-4-10-20)15-17-29(18-16-26)35(32,33)28-22-12-6-7-13-23(22)30/h2-5,8-11,14,22-23,28,30H,6-7,12-13,15-19H2,1H3,(H,27,31)/t22-,23-/m0/s1. The lowest BCUT2D eigenvalue weighted by Gasteiger charge is -2.42. The maximum Gasteiger partial charge on any atom is 0.279 e. The number of benzene rings is 2. The highest BCUT2D eigenvalue weighted by molar-refractivity contribution is 7.87. The number of aliphatic hydroxyl groups excluding tert-OH is 1. The van der Waals surface area contributed by atoms with Crippen molar-refractivity contribution in [3.63, 3.8) is 0 Å². The van der Waals surface area contributed by atoms with Gasteiger partial charge in [-0.25, -0.2) is 0 Å². The first kappa shape index (κ1) is 25.6. The summed E-state index contributed by atoms with van der Waals surface area (Å²) in [4.78, 5) is 13.0. The molecule has 2 aromatic rings. The fourth-order valence-corrected chi connectivity index (χ4v) is 6.68. The Kier molecular flexibility index (Phi) is 8.11. The number of amides is 1. The van der Waals surface area contributed by atoms with E-state index in [0.717, 1.165) is 18.4 Å². The number of nitrogens with zero attached hydrogens (tertiary/aromatic N) is 1. The summed E-state index contributed by atoms with van der Waals surface area (Å²) in [5.74, 6) is 0.288. The van der Waals surface area contributed by atoms with Crippen molar-refractivity contribution in [3.05, 3.63) is 65.7 Å². The molecule has 2 fully saturated rings. The van der Waals surface area contributed by atoms with Crippen molar-refractivity contribution in [2.75, 3.05) is 26.7 Å². The minimum Gasteiger partial charge on any atom is -0.496 e. The van der Waals surface area contributed by atoms with E-state index in [9.17, 15) is 18.3 Å². The maximum absolute atomic E-state index is 13.1. The molecule has 1 amide bonds. The zero-order valence-electron chi connectivity index (χ0n) is 20.2. The van der Waals surface area contributed by atoms with E-state index in [1.54, 1.807) is 18.2 Å². The van der Waals surface area contributed by atoms with Gasteiger partial charge >= 0.3 is 0 Å². The van der Waals surface area contributed by atoms with Crippen LogP contribution in [0.5, 0.6) is 5.75 Å². The highest BCUT2D eigenvalue weighted by atomic mass is 32.2. The minimum absolute atomic E-state index is 0.222. The molecule has 1 saturated heterocycles. The molecule has 35 heavy (non-hydrogen) atoms. The van der Waals surface area contributed by atoms with E-state index in [1.807, 2.05) is 36.4 Å². The summed E-state index contributed by atoms with van der Waals surface area (Å²) in [5, 5.41) is 13.3. The smallest absolute Gasteiger partial charge is 0.279 e. The lowest BCUT2D eigenvalue weighted by molar-refractivity contribution is 0.0928. The lowest BCUT2D eigenvalue weighted by Crippen LogP contribution is -2.55. The third-order valence-electron chi connectivity index (χ3n) is 7.37. The van der Waals surface area contributed by atoms with E-state index in [0.29, 0.717) is 56.6 Å². The third-order valence-corrected chi connectivity index (χ3v) is 9.02. The van der Waals surface area contributed by atoms with Crippen LogP contribution in [0.2, 0.25) is 0 Å². The van der Waals surface area contributed by atoms with Crippen LogP contribution in [0.1, 0.15) is 54.4 Å². The van der Waals surface area contributed by atoms with E-state index < -0.39 is 27.8 Å². The molecule has 8 nitrogen and oxygen atoms in total. The van der Waals surface area contributed by atoms with Gasteiger partial charge in [-0.05, 0) is 43.4 Å². The van der Waals surface area contributed by atoms with Crippen LogP contribution in [0, 0.1) is 0 Å². The molecular formula is C26H35N3O5S. The average Bonchev–Trinajstić information content (AvgIpc) is 2.89. The molecule has 0 radical (unpaired) electrons. The SMILES string of the molecule is COc1ccccc1C(=O)NCC1(c2ccccc2)CCN(S(=O)(=O)N[C@H]2CCCC[C@@H]2O)CC1. The molecule has 0 aromatic heterocycles. The van der Waals surface area contributed by atoms with Gasteiger partial charge in [0.2, 0.25) is 0 Å². The van der Waals surface area contributed by atoms with Crippen molar-refractivity contribution < 1.29 is 23.1 Å². The molecule has 1 saturated carbocycles. The molecule has 2 aromatic carbocycles. The van der Waals surface area contributed by atoms with Crippen LogP contribution in [0.4, 0.5) is 0 Å². The summed E-state index contributed by atoms with van der Waals surface area (Å²) < 4.78 is 35.7. The molecule has 4 rings (SSSR count). The molecule has 0 bridgehead atoms. The molecule has 1 heterocycles. The van der Waals surface area contributed by atoms with E-state index >= 15 is 0 Å². The molecular weight excluding hydrogens is 466 g/mol. The van der Waals surface area contributed by atoms with Gasteiger partial charge in [0.05, 0.1) is 18.8 Å². The Balaban J connectivity index is 1.47. The van der Waals surface area contributed by atoms with Crippen molar-refractivity contribution in [1.82, 2.24) is 14.3 Å². The Hall–Kier alpha value is -2.46. The number of aliphatic hydroxyl groups is 1. The molecule has 9 heteroatoms.